The van der Waals surface area contributed by atoms with Crippen molar-refractivity contribution in [2.75, 3.05) is 21.1 Å². The second-order valence-electron chi connectivity index (χ2n) is 3.62. The maximum absolute atomic E-state index is 10.6. The summed E-state index contributed by atoms with van der Waals surface area (Å²) in [5, 5.41) is 0. The first-order valence-corrected chi connectivity index (χ1v) is 5.50. The summed E-state index contributed by atoms with van der Waals surface area (Å²) in [6, 6.07) is 7.93. The molecule has 12 heavy (non-hydrogen) atoms. The van der Waals surface area contributed by atoms with Crippen LogP contribution in [0, 0.1) is 0 Å². The quantitative estimate of drug-likeness (QED) is 0.532. The average Bonchev–Trinajstić information content (AvgIpc) is 2.03. The minimum atomic E-state index is -0.869. The van der Waals surface area contributed by atoms with Gasteiger partial charge in [0, 0.05) is 0 Å². The van der Waals surface area contributed by atoms with Crippen LogP contribution in [0.4, 0.5) is 5.69 Å². The van der Waals surface area contributed by atoms with Crippen molar-refractivity contribution in [3.8, 4) is 0 Å². The third-order valence-electron chi connectivity index (χ3n) is 1.73. The second kappa shape index (κ2) is 3.51. The normalized spacial score (nSPS) is 11.9. The Balaban J connectivity index is 3.00. The van der Waals surface area contributed by atoms with Gasteiger partial charge in [-0.3, -0.25) is 0 Å². The zero-order valence-electron chi connectivity index (χ0n) is 7.61. The van der Waals surface area contributed by atoms with E-state index in [1.807, 2.05) is 24.3 Å². The molecule has 0 N–H and O–H groups in total. The fraction of sp³-hybridized carbons (Fsp3) is 0.333. The summed E-state index contributed by atoms with van der Waals surface area (Å²) >= 11 is -0.869. The van der Waals surface area contributed by atoms with Gasteiger partial charge in [0.1, 0.15) is 0 Å². The van der Waals surface area contributed by atoms with Gasteiger partial charge in [-0.25, -0.2) is 0 Å². The van der Waals surface area contributed by atoms with Crippen LogP contribution >= 0.6 is 0 Å². The fourth-order valence-corrected chi connectivity index (χ4v) is 1.53. The maximum atomic E-state index is 10.6. The van der Waals surface area contributed by atoms with Crippen LogP contribution in [0.15, 0.2) is 24.3 Å². The molecule has 1 aromatic rings. The van der Waals surface area contributed by atoms with E-state index < -0.39 is 15.7 Å². The molecule has 3 heteroatoms. The molecular formula is C9H13AsNO+. The van der Waals surface area contributed by atoms with Crippen LogP contribution in [0.25, 0.3) is 0 Å². The summed E-state index contributed by atoms with van der Waals surface area (Å²) in [7, 11) is 6.33. The van der Waals surface area contributed by atoms with Gasteiger partial charge in [0.25, 0.3) is 0 Å². The van der Waals surface area contributed by atoms with Crippen LogP contribution in [0.1, 0.15) is 0 Å². The van der Waals surface area contributed by atoms with Gasteiger partial charge in [0.2, 0.25) is 0 Å². The Hall–Kier alpha value is -0.462. The molecule has 0 spiro atoms. The molecule has 0 fully saturated rings. The summed E-state index contributed by atoms with van der Waals surface area (Å²) in [5.74, 6) is 0. The van der Waals surface area contributed by atoms with Crippen molar-refractivity contribution in [1.29, 1.82) is 0 Å². The molecule has 0 aromatic heterocycles. The number of hydrogen-bond donors (Lipinski definition) is 0. The van der Waals surface area contributed by atoms with Crippen molar-refractivity contribution in [1.82, 2.24) is 4.48 Å². The zero-order chi connectivity index (χ0) is 9.19. The fourth-order valence-electron chi connectivity index (χ4n) is 0.961. The predicted molar refractivity (Wildman–Crippen MR) is 52.1 cm³/mol. The van der Waals surface area contributed by atoms with Crippen molar-refractivity contribution in [2.24, 2.45) is 0 Å². The van der Waals surface area contributed by atoms with Gasteiger partial charge in [0.05, 0.1) is 0 Å². The van der Waals surface area contributed by atoms with Gasteiger partial charge in [-0.05, 0) is 0 Å². The summed E-state index contributed by atoms with van der Waals surface area (Å²) in [4.78, 5) is 0. The summed E-state index contributed by atoms with van der Waals surface area (Å²) in [6.07, 6.45) is 0. The van der Waals surface area contributed by atoms with Gasteiger partial charge >= 0.3 is 79.4 Å². The van der Waals surface area contributed by atoms with Crippen LogP contribution in [0.5, 0.6) is 0 Å². The predicted octanol–water partition coefficient (Wildman–Crippen LogP) is 0.558. The van der Waals surface area contributed by atoms with Crippen LogP contribution in [-0.4, -0.2) is 36.8 Å². The van der Waals surface area contributed by atoms with Crippen molar-refractivity contribution >= 4 is 25.7 Å². The Labute approximate surface area is 79.7 Å². The van der Waals surface area contributed by atoms with E-state index in [0.29, 0.717) is 0 Å². The van der Waals surface area contributed by atoms with Gasteiger partial charge in [0.15, 0.2) is 0 Å². The molecule has 0 bridgehead atoms. The number of hydrogen-bond acceptors (Lipinski definition) is 1. The Morgan fingerprint density at radius 1 is 1.08 bits per heavy atom. The van der Waals surface area contributed by atoms with Crippen molar-refractivity contribution < 1.29 is 3.74 Å². The summed E-state index contributed by atoms with van der Waals surface area (Å²) in [5.41, 5.74) is 1.23. The Bertz CT molecular complexity index is 274. The monoisotopic (exact) mass is 226 g/mol. The van der Waals surface area contributed by atoms with E-state index in [0.717, 1.165) is 8.83 Å². The first-order chi connectivity index (χ1) is 5.54. The van der Waals surface area contributed by atoms with E-state index in [1.54, 1.807) is 0 Å². The van der Waals surface area contributed by atoms with Gasteiger partial charge in [-0.15, -0.1) is 0 Å². The molecule has 0 saturated carbocycles. The van der Waals surface area contributed by atoms with Crippen molar-refractivity contribution in [3.05, 3.63) is 24.3 Å². The number of nitrogens with zero attached hydrogens (tertiary/aromatic N) is 1. The Morgan fingerprint density at radius 2 is 1.58 bits per heavy atom. The molecule has 0 aliphatic rings. The van der Waals surface area contributed by atoms with E-state index in [2.05, 4.69) is 21.1 Å². The molecule has 2 nitrogen and oxygen atoms in total. The van der Waals surface area contributed by atoms with Gasteiger partial charge in [-0.2, -0.15) is 0 Å². The standard InChI is InChI=1S/C9H13AsNO/c1-11(2,3)9-6-4-8(10-12)5-7-9/h4-7H,1-3H3/q+1. The average molecular weight is 226 g/mol. The van der Waals surface area contributed by atoms with Crippen molar-refractivity contribution in [2.45, 2.75) is 0 Å². The van der Waals surface area contributed by atoms with Crippen molar-refractivity contribution in [3.63, 3.8) is 0 Å². The molecule has 0 amide bonds. The van der Waals surface area contributed by atoms with Crippen LogP contribution in [-0.2, 0) is 3.74 Å². The molecule has 64 valence electrons. The first kappa shape index (κ1) is 9.63. The Kier molecular flexibility index (Phi) is 2.81. The first-order valence-electron chi connectivity index (χ1n) is 3.79. The molecule has 0 unspecified atom stereocenters. The SMILES string of the molecule is C[N+](C)(C)c1ccc([As]=O)cc1. The molecule has 0 radical (unpaired) electrons. The third-order valence-corrected chi connectivity index (χ3v) is 2.80. The van der Waals surface area contributed by atoms with Crippen LogP contribution in [0.3, 0.4) is 0 Å². The number of rotatable bonds is 2. The third kappa shape index (κ3) is 2.26. The van der Waals surface area contributed by atoms with E-state index in [1.165, 1.54) is 5.69 Å². The van der Waals surface area contributed by atoms with Gasteiger partial charge in [-0.1, -0.05) is 0 Å². The molecule has 0 saturated heterocycles. The molecule has 0 aliphatic carbocycles. The summed E-state index contributed by atoms with van der Waals surface area (Å²) in [6.45, 7) is 0. The molecule has 1 rings (SSSR count). The van der Waals surface area contributed by atoms with E-state index in [9.17, 15) is 3.74 Å². The second-order valence-corrected chi connectivity index (χ2v) is 5.09. The topological polar surface area (TPSA) is 17.1 Å². The molecular weight excluding hydrogens is 213 g/mol. The Morgan fingerprint density at radius 3 is 1.92 bits per heavy atom. The van der Waals surface area contributed by atoms with Crippen LogP contribution in [0.2, 0.25) is 0 Å². The minimum absolute atomic E-state index is 0.801. The van der Waals surface area contributed by atoms with E-state index in [-0.39, 0.29) is 0 Å². The number of quaternary nitrogens is 1. The molecule has 0 heterocycles. The van der Waals surface area contributed by atoms with E-state index >= 15 is 0 Å². The molecule has 0 atom stereocenters. The van der Waals surface area contributed by atoms with Gasteiger partial charge < -0.3 is 0 Å². The molecule has 0 aliphatic heterocycles. The number of benzene rings is 1. The summed E-state index contributed by atoms with van der Waals surface area (Å²) < 4.78 is 12.3. The van der Waals surface area contributed by atoms with Crippen LogP contribution < -0.4 is 8.83 Å². The zero-order valence-corrected chi connectivity index (χ0v) is 9.49. The molecule has 1 aromatic carbocycles. The van der Waals surface area contributed by atoms with E-state index in [4.69, 9.17) is 0 Å².